The second-order valence-corrected chi connectivity index (χ2v) is 10.6. The summed E-state index contributed by atoms with van der Waals surface area (Å²) in [5, 5.41) is 3.81. The van der Waals surface area contributed by atoms with Gasteiger partial charge in [-0.05, 0) is 49.1 Å². The van der Waals surface area contributed by atoms with Gasteiger partial charge in [-0.15, -0.1) is 11.8 Å². The van der Waals surface area contributed by atoms with Gasteiger partial charge in [-0.25, -0.2) is 0 Å². The number of halogens is 1. The summed E-state index contributed by atoms with van der Waals surface area (Å²) in [7, 11) is 0. The van der Waals surface area contributed by atoms with Crippen LogP contribution in [-0.2, 0) is 28.3 Å². The minimum atomic E-state index is -0.606. The first-order valence-corrected chi connectivity index (χ1v) is 13.9. The second kappa shape index (κ2) is 14.1. The normalized spacial score (nSPS) is 12.6. The number of rotatable bonds is 12. The molecule has 190 valence electrons. The summed E-state index contributed by atoms with van der Waals surface area (Å²) < 4.78 is 0. The summed E-state index contributed by atoms with van der Waals surface area (Å²) in [5.74, 6) is 0.826. The summed E-state index contributed by atoms with van der Waals surface area (Å²) in [6.07, 6.45) is 1.29. The third-order valence-electron chi connectivity index (χ3n) is 6.12. The van der Waals surface area contributed by atoms with Gasteiger partial charge in [0, 0.05) is 29.8 Å². The van der Waals surface area contributed by atoms with Crippen LogP contribution >= 0.6 is 23.4 Å². The standard InChI is InChI=1S/C30H35ClN2O2S/c1-4-23(3)32-30(35)28(18-24-10-6-5-7-11-24)33(19-26-12-8-9-22(2)17-26)29(34)21-36-20-25-13-15-27(31)16-14-25/h5-17,23,28H,4,18-21H2,1-3H3,(H,32,35)/t23-,28+/m0/s1. The molecule has 1 N–H and O–H groups in total. The zero-order valence-electron chi connectivity index (χ0n) is 21.2. The van der Waals surface area contributed by atoms with Crippen molar-refractivity contribution >= 4 is 35.2 Å². The van der Waals surface area contributed by atoms with E-state index in [0.29, 0.717) is 23.7 Å². The predicted molar refractivity (Wildman–Crippen MR) is 151 cm³/mol. The maximum Gasteiger partial charge on any atom is 0.243 e. The molecule has 0 bridgehead atoms. The summed E-state index contributed by atoms with van der Waals surface area (Å²) in [6.45, 7) is 6.45. The van der Waals surface area contributed by atoms with Crippen LogP contribution in [0.3, 0.4) is 0 Å². The molecule has 0 saturated carbocycles. The number of carbonyl (C=O) groups is 2. The van der Waals surface area contributed by atoms with E-state index in [4.69, 9.17) is 11.6 Å². The van der Waals surface area contributed by atoms with E-state index >= 15 is 0 Å². The molecule has 0 radical (unpaired) electrons. The molecule has 0 unspecified atom stereocenters. The first kappa shape index (κ1) is 27.8. The van der Waals surface area contributed by atoms with Crippen LogP contribution in [0.2, 0.25) is 5.02 Å². The average Bonchev–Trinajstić information content (AvgIpc) is 2.87. The molecule has 6 heteroatoms. The molecule has 3 rings (SSSR count). The fourth-order valence-corrected chi connectivity index (χ4v) is 4.92. The minimum absolute atomic E-state index is 0.0333. The monoisotopic (exact) mass is 522 g/mol. The molecule has 0 heterocycles. The Morgan fingerprint density at radius 1 is 0.944 bits per heavy atom. The summed E-state index contributed by atoms with van der Waals surface area (Å²) in [5.41, 5.74) is 4.27. The van der Waals surface area contributed by atoms with Crippen molar-refractivity contribution in [3.05, 3.63) is 106 Å². The number of hydrogen-bond acceptors (Lipinski definition) is 3. The Bertz CT molecular complexity index is 1120. The van der Waals surface area contributed by atoms with Crippen molar-refractivity contribution in [3.63, 3.8) is 0 Å². The van der Waals surface area contributed by atoms with Gasteiger partial charge >= 0.3 is 0 Å². The molecule has 0 aliphatic heterocycles. The molecule has 0 aliphatic rings. The lowest BCUT2D eigenvalue weighted by Gasteiger charge is -2.32. The number of benzene rings is 3. The third-order valence-corrected chi connectivity index (χ3v) is 7.36. The van der Waals surface area contributed by atoms with Gasteiger partial charge in [0.2, 0.25) is 11.8 Å². The van der Waals surface area contributed by atoms with Crippen molar-refractivity contribution in [2.24, 2.45) is 0 Å². The lowest BCUT2D eigenvalue weighted by atomic mass is 10.0. The molecular weight excluding hydrogens is 488 g/mol. The van der Waals surface area contributed by atoms with Crippen LogP contribution < -0.4 is 5.32 Å². The van der Waals surface area contributed by atoms with Crippen LogP contribution in [0.25, 0.3) is 0 Å². The highest BCUT2D eigenvalue weighted by Crippen LogP contribution is 2.20. The molecule has 3 aromatic rings. The molecular formula is C30H35ClN2O2S. The second-order valence-electron chi connectivity index (χ2n) is 9.15. The van der Waals surface area contributed by atoms with Gasteiger partial charge in [0.05, 0.1) is 5.75 Å². The van der Waals surface area contributed by atoms with E-state index in [-0.39, 0.29) is 23.6 Å². The first-order chi connectivity index (χ1) is 17.4. The van der Waals surface area contributed by atoms with E-state index < -0.39 is 6.04 Å². The van der Waals surface area contributed by atoms with Crippen LogP contribution in [0.5, 0.6) is 0 Å². The van der Waals surface area contributed by atoms with Crippen molar-refractivity contribution in [1.82, 2.24) is 10.2 Å². The maximum atomic E-state index is 13.7. The van der Waals surface area contributed by atoms with E-state index in [9.17, 15) is 9.59 Å². The molecule has 0 spiro atoms. The van der Waals surface area contributed by atoms with Crippen molar-refractivity contribution in [1.29, 1.82) is 0 Å². The third kappa shape index (κ3) is 8.72. The van der Waals surface area contributed by atoms with E-state index in [2.05, 4.69) is 11.4 Å². The Morgan fingerprint density at radius 3 is 2.31 bits per heavy atom. The smallest absolute Gasteiger partial charge is 0.243 e. The van der Waals surface area contributed by atoms with Gasteiger partial charge in [0.25, 0.3) is 0 Å². The Labute approximate surface area is 224 Å². The van der Waals surface area contributed by atoms with Crippen molar-refractivity contribution in [2.45, 2.75) is 58.0 Å². The quantitative estimate of drug-likeness (QED) is 0.298. The van der Waals surface area contributed by atoms with Gasteiger partial charge in [0.15, 0.2) is 0 Å². The zero-order valence-corrected chi connectivity index (χ0v) is 22.8. The molecule has 4 nitrogen and oxygen atoms in total. The van der Waals surface area contributed by atoms with Gasteiger partial charge in [-0.1, -0.05) is 90.8 Å². The number of thioether (sulfide) groups is 1. The highest BCUT2D eigenvalue weighted by atomic mass is 35.5. The fourth-order valence-electron chi connectivity index (χ4n) is 3.92. The highest BCUT2D eigenvalue weighted by molar-refractivity contribution is 7.99. The van der Waals surface area contributed by atoms with Crippen LogP contribution in [0.15, 0.2) is 78.9 Å². The molecule has 0 aliphatic carbocycles. The molecule has 2 amide bonds. The number of nitrogens with zero attached hydrogens (tertiary/aromatic N) is 1. The molecule has 0 fully saturated rings. The van der Waals surface area contributed by atoms with Gasteiger partial charge in [-0.2, -0.15) is 0 Å². The van der Waals surface area contributed by atoms with Crippen LogP contribution in [0.4, 0.5) is 0 Å². The minimum Gasteiger partial charge on any atom is -0.352 e. The highest BCUT2D eigenvalue weighted by Gasteiger charge is 2.30. The number of carbonyl (C=O) groups excluding carboxylic acids is 2. The number of hydrogen-bond donors (Lipinski definition) is 1. The van der Waals surface area contributed by atoms with Crippen LogP contribution in [0, 0.1) is 6.92 Å². The van der Waals surface area contributed by atoms with E-state index in [1.807, 2.05) is 93.6 Å². The Morgan fingerprint density at radius 2 is 1.64 bits per heavy atom. The summed E-state index contributed by atoms with van der Waals surface area (Å²) in [6, 6.07) is 25.1. The largest absolute Gasteiger partial charge is 0.352 e. The number of amides is 2. The lowest BCUT2D eigenvalue weighted by Crippen LogP contribution is -2.52. The number of aryl methyl sites for hydroxylation is 1. The fraction of sp³-hybridized carbons (Fsp3) is 0.333. The molecule has 36 heavy (non-hydrogen) atoms. The van der Waals surface area contributed by atoms with E-state index in [1.165, 1.54) is 0 Å². The van der Waals surface area contributed by atoms with Crippen molar-refractivity contribution in [2.75, 3.05) is 5.75 Å². The SMILES string of the molecule is CC[C@H](C)NC(=O)[C@@H](Cc1ccccc1)N(Cc1cccc(C)c1)C(=O)CSCc1ccc(Cl)cc1. The van der Waals surface area contributed by atoms with Crippen LogP contribution in [-0.4, -0.2) is 34.6 Å². The van der Waals surface area contributed by atoms with Gasteiger partial charge < -0.3 is 10.2 Å². The van der Waals surface area contributed by atoms with E-state index in [0.717, 1.165) is 28.7 Å². The van der Waals surface area contributed by atoms with E-state index in [1.54, 1.807) is 16.7 Å². The molecule has 0 saturated heterocycles. The number of nitrogens with one attached hydrogen (secondary N) is 1. The maximum absolute atomic E-state index is 13.7. The molecule has 2 atom stereocenters. The lowest BCUT2D eigenvalue weighted by molar-refractivity contribution is -0.139. The summed E-state index contributed by atoms with van der Waals surface area (Å²) in [4.78, 5) is 29.0. The molecule has 3 aromatic carbocycles. The Hall–Kier alpha value is -2.76. The van der Waals surface area contributed by atoms with Crippen molar-refractivity contribution < 1.29 is 9.59 Å². The zero-order chi connectivity index (χ0) is 25.9. The Balaban J connectivity index is 1.85. The van der Waals surface area contributed by atoms with Gasteiger partial charge in [0.1, 0.15) is 6.04 Å². The Kier molecular flexibility index (Phi) is 10.9. The molecule has 0 aromatic heterocycles. The topological polar surface area (TPSA) is 49.4 Å². The predicted octanol–water partition coefficient (Wildman–Crippen LogP) is 6.44. The summed E-state index contributed by atoms with van der Waals surface area (Å²) >= 11 is 7.55. The van der Waals surface area contributed by atoms with Gasteiger partial charge in [-0.3, -0.25) is 9.59 Å². The van der Waals surface area contributed by atoms with Crippen molar-refractivity contribution in [3.8, 4) is 0 Å². The average molecular weight is 523 g/mol. The van der Waals surface area contributed by atoms with Crippen LogP contribution in [0.1, 0.15) is 42.5 Å². The first-order valence-electron chi connectivity index (χ1n) is 12.4.